The third kappa shape index (κ3) is 5.52. The van der Waals surface area contributed by atoms with Crippen molar-refractivity contribution in [2.75, 3.05) is 0 Å². The van der Waals surface area contributed by atoms with E-state index in [1.54, 1.807) is 24.3 Å². The summed E-state index contributed by atoms with van der Waals surface area (Å²) in [5.41, 5.74) is 0.805. The first-order valence-corrected chi connectivity index (χ1v) is 9.71. The minimum absolute atomic E-state index is 0.111. The van der Waals surface area contributed by atoms with Crippen molar-refractivity contribution in [1.82, 2.24) is 4.72 Å². The molecule has 0 saturated heterocycles. The van der Waals surface area contributed by atoms with Gasteiger partial charge < -0.3 is 9.84 Å². The maximum Gasteiger partial charge on any atom is 0.327 e. The number of hydrogen-bond donors (Lipinski definition) is 2. The number of rotatable bonds is 7. The molecule has 142 valence electrons. The van der Waals surface area contributed by atoms with Gasteiger partial charge in [-0.25, -0.2) is 8.42 Å². The van der Waals surface area contributed by atoms with E-state index in [2.05, 4.69) is 4.72 Å². The van der Waals surface area contributed by atoms with Gasteiger partial charge in [-0.05, 0) is 37.3 Å². The summed E-state index contributed by atoms with van der Waals surface area (Å²) in [6.07, 6.45) is -1.34. The number of aliphatic hydroxyl groups is 1. The number of ether oxygens (including phenoxy) is 1. The summed E-state index contributed by atoms with van der Waals surface area (Å²) in [4.78, 5) is 12.2. The predicted molar refractivity (Wildman–Crippen MR) is 98.2 cm³/mol. The van der Waals surface area contributed by atoms with Crippen molar-refractivity contribution in [2.45, 2.75) is 30.6 Å². The summed E-state index contributed by atoms with van der Waals surface area (Å²) in [5, 5.41) is 19.2. The molecule has 2 aromatic rings. The molecule has 2 aromatic carbocycles. The van der Waals surface area contributed by atoms with Crippen LogP contribution in [-0.4, -0.2) is 31.6 Å². The zero-order chi connectivity index (χ0) is 20.0. The Bertz CT molecular complexity index is 952. The molecule has 0 radical (unpaired) electrons. The average molecular weight is 409 g/mol. The first-order valence-electron chi connectivity index (χ1n) is 7.85. The molecule has 2 N–H and O–H groups in total. The molecule has 2 rings (SSSR count). The number of nitrogens with zero attached hydrogens (tertiary/aromatic N) is 1. The number of benzene rings is 2. The fourth-order valence-electron chi connectivity index (χ4n) is 2.19. The quantitative estimate of drug-likeness (QED) is 0.676. The van der Waals surface area contributed by atoms with Crippen LogP contribution < -0.4 is 4.72 Å². The zero-order valence-corrected chi connectivity index (χ0v) is 15.9. The highest BCUT2D eigenvalue weighted by molar-refractivity contribution is 7.89. The third-order valence-electron chi connectivity index (χ3n) is 3.65. The van der Waals surface area contributed by atoms with E-state index in [0.717, 1.165) is 0 Å². The highest BCUT2D eigenvalue weighted by Crippen LogP contribution is 2.15. The van der Waals surface area contributed by atoms with Crippen LogP contribution in [0.25, 0.3) is 0 Å². The van der Waals surface area contributed by atoms with Gasteiger partial charge in [-0.2, -0.15) is 9.98 Å². The van der Waals surface area contributed by atoms with Crippen molar-refractivity contribution in [3.63, 3.8) is 0 Å². The number of sulfonamides is 1. The Balaban J connectivity index is 2.13. The molecular formula is C18H17ClN2O5S. The maximum absolute atomic E-state index is 12.4. The number of carbonyl (C=O) groups is 1. The van der Waals surface area contributed by atoms with E-state index in [1.165, 1.54) is 31.2 Å². The Morgan fingerprint density at radius 1 is 1.26 bits per heavy atom. The molecule has 7 nitrogen and oxygen atoms in total. The van der Waals surface area contributed by atoms with Crippen LogP contribution in [0.1, 0.15) is 18.1 Å². The minimum Gasteiger partial charge on any atom is -0.460 e. The van der Waals surface area contributed by atoms with Gasteiger partial charge in [-0.15, -0.1) is 0 Å². The van der Waals surface area contributed by atoms with Crippen LogP contribution in [0.2, 0.25) is 5.02 Å². The molecule has 0 saturated carbocycles. The van der Waals surface area contributed by atoms with E-state index >= 15 is 0 Å². The Labute approximate surface area is 162 Å². The van der Waals surface area contributed by atoms with Crippen LogP contribution in [-0.2, 0) is 26.2 Å². The van der Waals surface area contributed by atoms with E-state index in [9.17, 15) is 18.3 Å². The van der Waals surface area contributed by atoms with Gasteiger partial charge in [0.15, 0.2) is 0 Å². The van der Waals surface area contributed by atoms with Crippen molar-refractivity contribution in [3.8, 4) is 6.07 Å². The van der Waals surface area contributed by atoms with Crippen LogP contribution >= 0.6 is 11.6 Å². The number of nitrogens with one attached hydrogen (secondary N) is 1. The molecule has 0 spiro atoms. The lowest BCUT2D eigenvalue weighted by atomic mass is 10.1. The molecular weight excluding hydrogens is 392 g/mol. The van der Waals surface area contributed by atoms with Gasteiger partial charge in [0.1, 0.15) is 12.6 Å². The Kier molecular flexibility index (Phi) is 6.93. The Morgan fingerprint density at radius 2 is 1.89 bits per heavy atom. The summed E-state index contributed by atoms with van der Waals surface area (Å²) in [6.45, 7) is 1.04. The van der Waals surface area contributed by atoms with E-state index in [-0.39, 0.29) is 11.5 Å². The van der Waals surface area contributed by atoms with Gasteiger partial charge in [-0.3, -0.25) is 4.79 Å². The monoisotopic (exact) mass is 408 g/mol. The summed E-state index contributed by atoms with van der Waals surface area (Å²) < 4.78 is 32.1. The third-order valence-corrected chi connectivity index (χ3v) is 5.36. The highest BCUT2D eigenvalue weighted by atomic mass is 35.5. The Hall–Kier alpha value is -2.44. The molecule has 2 atom stereocenters. The second-order valence-electron chi connectivity index (χ2n) is 5.67. The normalized spacial score (nSPS) is 13.4. The summed E-state index contributed by atoms with van der Waals surface area (Å²) in [6, 6.07) is 12.3. The van der Waals surface area contributed by atoms with Crippen LogP contribution in [0.15, 0.2) is 53.4 Å². The van der Waals surface area contributed by atoms with Crippen molar-refractivity contribution < 1.29 is 23.1 Å². The smallest absolute Gasteiger partial charge is 0.327 e. The number of halogens is 1. The zero-order valence-electron chi connectivity index (χ0n) is 14.3. The maximum atomic E-state index is 12.4. The molecule has 0 heterocycles. The highest BCUT2D eigenvalue weighted by Gasteiger charge is 2.31. The second kappa shape index (κ2) is 8.97. The molecule has 0 aliphatic rings. The fraction of sp³-hybridized carbons (Fsp3) is 0.222. The SMILES string of the molecule is C[C@@H](O)[C@@H](NS(=O)(=O)c1ccc(Cl)cc1)C(=O)OCc1ccccc1C#N. The number of aliphatic hydroxyl groups excluding tert-OH is 1. The van der Waals surface area contributed by atoms with Gasteiger partial charge in [0.05, 0.1) is 22.6 Å². The summed E-state index contributed by atoms with van der Waals surface area (Å²) >= 11 is 5.74. The molecule has 0 aliphatic heterocycles. The van der Waals surface area contributed by atoms with Gasteiger partial charge in [0.25, 0.3) is 0 Å². The van der Waals surface area contributed by atoms with Crippen LogP contribution in [0, 0.1) is 11.3 Å². The standard InChI is InChI=1S/C18H17ClN2O5S/c1-12(22)17(21-27(24,25)16-8-6-15(19)7-9-16)18(23)26-11-14-5-3-2-4-13(14)10-20/h2-9,12,17,21-22H,11H2,1H3/t12-,17-/m1/s1. The average Bonchev–Trinajstić information content (AvgIpc) is 2.64. The lowest BCUT2D eigenvalue weighted by molar-refractivity contribution is -0.149. The molecule has 27 heavy (non-hydrogen) atoms. The largest absolute Gasteiger partial charge is 0.460 e. The molecule has 0 aliphatic carbocycles. The fourth-order valence-corrected chi connectivity index (χ4v) is 3.57. The number of carbonyl (C=O) groups excluding carboxylic acids is 1. The first kappa shape index (κ1) is 20.9. The van der Waals surface area contributed by atoms with Crippen LogP contribution in [0.3, 0.4) is 0 Å². The molecule has 0 fully saturated rings. The van der Waals surface area contributed by atoms with E-state index in [4.69, 9.17) is 21.6 Å². The Morgan fingerprint density at radius 3 is 2.48 bits per heavy atom. The minimum atomic E-state index is -4.08. The topological polar surface area (TPSA) is 116 Å². The van der Waals surface area contributed by atoms with Gasteiger partial charge >= 0.3 is 5.97 Å². The lowest BCUT2D eigenvalue weighted by Crippen LogP contribution is -2.48. The van der Waals surface area contributed by atoms with Crippen LogP contribution in [0.5, 0.6) is 0 Å². The van der Waals surface area contributed by atoms with Crippen molar-refractivity contribution in [1.29, 1.82) is 5.26 Å². The number of hydrogen-bond acceptors (Lipinski definition) is 6. The van der Waals surface area contributed by atoms with Crippen LogP contribution in [0.4, 0.5) is 0 Å². The molecule has 0 bridgehead atoms. The molecule has 0 aromatic heterocycles. The van der Waals surface area contributed by atoms with E-state index in [0.29, 0.717) is 16.1 Å². The van der Waals surface area contributed by atoms with E-state index in [1.807, 2.05) is 6.07 Å². The first-order chi connectivity index (χ1) is 12.7. The molecule has 0 amide bonds. The summed E-state index contributed by atoms with van der Waals surface area (Å²) in [5.74, 6) is -0.963. The predicted octanol–water partition coefficient (Wildman–Crippen LogP) is 1.98. The van der Waals surface area contributed by atoms with E-state index < -0.39 is 28.1 Å². The molecule has 9 heteroatoms. The van der Waals surface area contributed by atoms with Gasteiger partial charge in [-0.1, -0.05) is 29.8 Å². The van der Waals surface area contributed by atoms with Gasteiger partial charge in [0.2, 0.25) is 10.0 Å². The van der Waals surface area contributed by atoms with Gasteiger partial charge in [0, 0.05) is 10.6 Å². The lowest BCUT2D eigenvalue weighted by Gasteiger charge is -2.20. The number of esters is 1. The second-order valence-corrected chi connectivity index (χ2v) is 7.82. The number of nitriles is 1. The van der Waals surface area contributed by atoms with Crippen molar-refractivity contribution in [2.24, 2.45) is 0 Å². The molecule has 0 unspecified atom stereocenters. The summed E-state index contributed by atoms with van der Waals surface area (Å²) in [7, 11) is -4.08. The van der Waals surface area contributed by atoms with Crippen molar-refractivity contribution >= 4 is 27.6 Å². The van der Waals surface area contributed by atoms with Crippen molar-refractivity contribution in [3.05, 3.63) is 64.7 Å².